The van der Waals surface area contributed by atoms with Crippen LogP contribution >= 0.6 is 0 Å². The zero-order chi connectivity index (χ0) is 15.7. The number of ether oxygens (including phenoxy) is 2. The predicted molar refractivity (Wildman–Crippen MR) is 82.9 cm³/mol. The molecule has 0 aromatic heterocycles. The van der Waals surface area contributed by atoms with Gasteiger partial charge in [0.15, 0.2) is 23.0 Å². The van der Waals surface area contributed by atoms with Gasteiger partial charge in [0.2, 0.25) is 0 Å². The maximum absolute atomic E-state index is 10.3. The van der Waals surface area contributed by atoms with Gasteiger partial charge in [-0.2, -0.15) is 0 Å². The van der Waals surface area contributed by atoms with Crippen LogP contribution in [0, 0.1) is 0 Å². The number of fused-ring (bicyclic) bond motifs is 1. The van der Waals surface area contributed by atoms with Crippen LogP contribution in [0.25, 0.3) is 0 Å². The molecule has 5 heteroatoms. The minimum Gasteiger partial charge on any atom is -0.504 e. The highest BCUT2D eigenvalue weighted by Gasteiger charge is 2.26. The molecule has 116 valence electrons. The number of aromatic hydroxyl groups is 2. The molecule has 0 aliphatic carbocycles. The van der Waals surface area contributed by atoms with Crippen molar-refractivity contribution in [2.24, 2.45) is 0 Å². The Kier molecular flexibility index (Phi) is 3.81. The summed E-state index contributed by atoms with van der Waals surface area (Å²) in [4.78, 5) is 0. The molecule has 0 bridgehead atoms. The molecule has 1 heterocycles. The molecule has 5 nitrogen and oxygen atoms in total. The van der Waals surface area contributed by atoms with Crippen LogP contribution in [0.5, 0.6) is 23.0 Å². The molecule has 1 aliphatic heterocycles. The lowest BCUT2D eigenvalue weighted by molar-refractivity contribution is 0.366. The van der Waals surface area contributed by atoms with E-state index in [1.54, 1.807) is 18.2 Å². The number of hydrogen-bond acceptors (Lipinski definition) is 5. The molecule has 3 N–H and O–H groups in total. The molecular formula is C17H19NO4. The van der Waals surface area contributed by atoms with Gasteiger partial charge in [-0.1, -0.05) is 12.1 Å². The zero-order valence-corrected chi connectivity index (χ0v) is 12.6. The molecule has 3 rings (SSSR count). The van der Waals surface area contributed by atoms with Crippen molar-refractivity contribution in [3.63, 3.8) is 0 Å². The monoisotopic (exact) mass is 301 g/mol. The van der Waals surface area contributed by atoms with Gasteiger partial charge in [0, 0.05) is 24.6 Å². The average Bonchev–Trinajstić information content (AvgIpc) is 2.55. The second-order valence-corrected chi connectivity index (χ2v) is 5.30. The Morgan fingerprint density at radius 3 is 2.45 bits per heavy atom. The highest BCUT2D eigenvalue weighted by Crippen LogP contribution is 2.40. The van der Waals surface area contributed by atoms with Crippen molar-refractivity contribution in [2.75, 3.05) is 20.8 Å². The number of rotatable bonds is 3. The Labute approximate surface area is 129 Å². The standard InChI is InChI=1S/C17H19NO4/c1-21-15-5-3-10(7-14(15)19)12-8-18-9-13-11(12)4-6-16(22-2)17(13)20/h3-7,12,18-20H,8-9H2,1-2H3/t12-/m0/s1. The summed E-state index contributed by atoms with van der Waals surface area (Å²) in [5.74, 6) is 1.27. The first-order chi connectivity index (χ1) is 10.7. The molecule has 0 spiro atoms. The van der Waals surface area contributed by atoms with Crippen molar-refractivity contribution in [1.29, 1.82) is 0 Å². The summed E-state index contributed by atoms with van der Waals surface area (Å²) in [6.07, 6.45) is 0. The minimum atomic E-state index is 0.0531. The third kappa shape index (κ3) is 2.33. The zero-order valence-electron chi connectivity index (χ0n) is 12.6. The lowest BCUT2D eigenvalue weighted by atomic mass is 9.85. The molecule has 1 atom stereocenters. The second-order valence-electron chi connectivity index (χ2n) is 5.30. The summed E-state index contributed by atoms with van der Waals surface area (Å²) in [6, 6.07) is 9.14. The largest absolute Gasteiger partial charge is 0.504 e. The van der Waals surface area contributed by atoms with Gasteiger partial charge in [0.25, 0.3) is 0 Å². The normalized spacial score (nSPS) is 16.9. The van der Waals surface area contributed by atoms with Crippen LogP contribution < -0.4 is 14.8 Å². The number of methoxy groups -OCH3 is 2. The van der Waals surface area contributed by atoms with Crippen LogP contribution in [0.4, 0.5) is 0 Å². The smallest absolute Gasteiger partial charge is 0.162 e. The van der Waals surface area contributed by atoms with Gasteiger partial charge in [0.1, 0.15) is 0 Å². The maximum Gasteiger partial charge on any atom is 0.162 e. The number of benzene rings is 2. The summed E-state index contributed by atoms with van der Waals surface area (Å²) in [5, 5.41) is 23.6. The highest BCUT2D eigenvalue weighted by atomic mass is 16.5. The Hall–Kier alpha value is -2.40. The van der Waals surface area contributed by atoms with E-state index in [1.807, 2.05) is 12.1 Å². The minimum absolute atomic E-state index is 0.0531. The average molecular weight is 301 g/mol. The molecule has 0 saturated carbocycles. The van der Waals surface area contributed by atoms with E-state index in [0.717, 1.165) is 23.2 Å². The van der Waals surface area contributed by atoms with Gasteiger partial charge in [-0.05, 0) is 29.3 Å². The summed E-state index contributed by atoms with van der Waals surface area (Å²) >= 11 is 0. The van der Waals surface area contributed by atoms with Crippen LogP contribution in [-0.2, 0) is 6.54 Å². The first-order valence-electron chi connectivity index (χ1n) is 7.12. The lowest BCUT2D eigenvalue weighted by Crippen LogP contribution is -2.28. The summed E-state index contributed by atoms with van der Waals surface area (Å²) in [6.45, 7) is 1.33. The molecular weight excluding hydrogens is 282 g/mol. The Balaban J connectivity index is 2.05. The van der Waals surface area contributed by atoms with E-state index < -0.39 is 0 Å². The molecule has 2 aromatic rings. The molecule has 22 heavy (non-hydrogen) atoms. The van der Waals surface area contributed by atoms with Gasteiger partial charge in [-0.3, -0.25) is 0 Å². The van der Waals surface area contributed by atoms with E-state index in [-0.39, 0.29) is 17.4 Å². The molecule has 0 radical (unpaired) electrons. The van der Waals surface area contributed by atoms with Gasteiger partial charge < -0.3 is 25.0 Å². The van der Waals surface area contributed by atoms with Crippen LogP contribution in [0.2, 0.25) is 0 Å². The molecule has 0 unspecified atom stereocenters. The van der Waals surface area contributed by atoms with Crippen molar-refractivity contribution in [3.8, 4) is 23.0 Å². The first kappa shape index (κ1) is 14.5. The molecule has 1 aliphatic rings. The van der Waals surface area contributed by atoms with Gasteiger partial charge in [0.05, 0.1) is 14.2 Å². The van der Waals surface area contributed by atoms with E-state index >= 15 is 0 Å². The van der Waals surface area contributed by atoms with Crippen molar-refractivity contribution in [1.82, 2.24) is 5.32 Å². The van der Waals surface area contributed by atoms with Crippen molar-refractivity contribution in [3.05, 3.63) is 47.0 Å². The lowest BCUT2D eigenvalue weighted by Gasteiger charge is -2.28. The molecule has 0 fully saturated rings. The summed E-state index contributed by atoms with van der Waals surface area (Å²) < 4.78 is 10.3. The fraction of sp³-hybridized carbons (Fsp3) is 0.294. The van der Waals surface area contributed by atoms with E-state index in [2.05, 4.69) is 5.32 Å². The number of phenols is 2. The highest BCUT2D eigenvalue weighted by molar-refractivity contribution is 5.55. The van der Waals surface area contributed by atoms with E-state index in [9.17, 15) is 10.2 Å². The Morgan fingerprint density at radius 2 is 1.77 bits per heavy atom. The fourth-order valence-corrected chi connectivity index (χ4v) is 2.98. The first-order valence-corrected chi connectivity index (χ1v) is 7.12. The Morgan fingerprint density at radius 1 is 1.05 bits per heavy atom. The Bertz CT molecular complexity index is 699. The molecule has 0 saturated heterocycles. The van der Waals surface area contributed by atoms with E-state index in [4.69, 9.17) is 9.47 Å². The van der Waals surface area contributed by atoms with E-state index in [0.29, 0.717) is 18.0 Å². The van der Waals surface area contributed by atoms with Crippen LogP contribution in [-0.4, -0.2) is 31.0 Å². The van der Waals surface area contributed by atoms with Crippen molar-refractivity contribution >= 4 is 0 Å². The quantitative estimate of drug-likeness (QED) is 0.812. The topological polar surface area (TPSA) is 71.0 Å². The summed E-state index contributed by atoms with van der Waals surface area (Å²) in [7, 11) is 3.06. The second kappa shape index (κ2) is 5.77. The number of phenolic OH excluding ortho intramolecular Hbond substituents is 2. The van der Waals surface area contributed by atoms with E-state index in [1.165, 1.54) is 14.2 Å². The van der Waals surface area contributed by atoms with Crippen LogP contribution in [0.1, 0.15) is 22.6 Å². The van der Waals surface area contributed by atoms with Crippen LogP contribution in [0.3, 0.4) is 0 Å². The molecule has 2 aromatic carbocycles. The van der Waals surface area contributed by atoms with Crippen molar-refractivity contribution in [2.45, 2.75) is 12.5 Å². The third-order valence-electron chi connectivity index (χ3n) is 4.13. The van der Waals surface area contributed by atoms with Crippen LogP contribution in [0.15, 0.2) is 30.3 Å². The van der Waals surface area contributed by atoms with Gasteiger partial charge >= 0.3 is 0 Å². The summed E-state index contributed by atoms with van der Waals surface area (Å²) in [5.41, 5.74) is 2.85. The maximum atomic E-state index is 10.3. The number of hydrogen-bond donors (Lipinski definition) is 3. The third-order valence-corrected chi connectivity index (χ3v) is 4.13. The fourth-order valence-electron chi connectivity index (χ4n) is 2.98. The number of nitrogens with one attached hydrogen (secondary N) is 1. The SMILES string of the molecule is COc1ccc([C@@H]2CNCc3c2ccc(OC)c3O)cc1O. The van der Waals surface area contributed by atoms with Gasteiger partial charge in [-0.25, -0.2) is 0 Å². The van der Waals surface area contributed by atoms with Crippen molar-refractivity contribution < 1.29 is 19.7 Å². The molecule has 0 amide bonds. The predicted octanol–water partition coefficient (Wildman–Crippen LogP) is 2.35. The van der Waals surface area contributed by atoms with Gasteiger partial charge in [-0.15, -0.1) is 0 Å².